The van der Waals surface area contributed by atoms with Crippen LogP contribution in [-0.2, 0) is 0 Å². The molecule has 110 valence electrons. The van der Waals surface area contributed by atoms with Crippen LogP contribution in [0.5, 0.6) is 11.8 Å². The SMILES string of the molecule is CNC(c1cc2sccc2s1)c1ncc(OC)nc1OC. The van der Waals surface area contributed by atoms with Gasteiger partial charge in [0, 0.05) is 14.3 Å². The summed E-state index contributed by atoms with van der Waals surface area (Å²) in [7, 11) is 5.06. The fraction of sp³-hybridized carbons (Fsp3) is 0.286. The van der Waals surface area contributed by atoms with E-state index >= 15 is 0 Å². The zero-order valence-electron chi connectivity index (χ0n) is 11.9. The van der Waals surface area contributed by atoms with Crippen molar-refractivity contribution in [3.8, 4) is 11.8 Å². The molecule has 0 bridgehead atoms. The zero-order chi connectivity index (χ0) is 14.8. The third kappa shape index (κ3) is 2.59. The van der Waals surface area contributed by atoms with Crippen molar-refractivity contribution in [2.45, 2.75) is 6.04 Å². The molecule has 0 saturated carbocycles. The lowest BCUT2D eigenvalue weighted by molar-refractivity contribution is 0.353. The van der Waals surface area contributed by atoms with Gasteiger partial charge in [-0.2, -0.15) is 4.98 Å². The average Bonchev–Trinajstić information content (AvgIpc) is 3.10. The van der Waals surface area contributed by atoms with Crippen molar-refractivity contribution >= 4 is 32.1 Å². The molecule has 1 unspecified atom stereocenters. The number of aromatic nitrogens is 2. The number of hydrogen-bond acceptors (Lipinski definition) is 7. The molecule has 0 aliphatic carbocycles. The molecule has 3 aromatic heterocycles. The van der Waals surface area contributed by atoms with E-state index in [-0.39, 0.29) is 6.04 Å². The van der Waals surface area contributed by atoms with Crippen LogP contribution in [0.3, 0.4) is 0 Å². The summed E-state index contributed by atoms with van der Waals surface area (Å²) >= 11 is 3.50. The first-order valence-electron chi connectivity index (χ1n) is 6.36. The van der Waals surface area contributed by atoms with E-state index in [0.717, 1.165) is 5.69 Å². The second-order valence-corrected chi connectivity index (χ2v) is 6.39. The van der Waals surface area contributed by atoms with Crippen LogP contribution < -0.4 is 14.8 Å². The smallest absolute Gasteiger partial charge is 0.240 e. The second kappa shape index (κ2) is 5.97. The maximum absolute atomic E-state index is 5.36. The molecule has 3 heterocycles. The quantitative estimate of drug-likeness (QED) is 0.782. The predicted molar refractivity (Wildman–Crippen MR) is 85.7 cm³/mol. The van der Waals surface area contributed by atoms with Crippen molar-refractivity contribution < 1.29 is 9.47 Å². The standard InChI is InChI=1S/C14H15N3O2S2/c1-15-12(10-6-9-8(21-10)4-5-20-9)13-14(19-3)17-11(18-2)7-16-13/h4-7,12,15H,1-3H3. The van der Waals surface area contributed by atoms with E-state index in [2.05, 4.69) is 32.8 Å². The van der Waals surface area contributed by atoms with Gasteiger partial charge in [-0.1, -0.05) is 0 Å². The third-order valence-corrected chi connectivity index (χ3v) is 5.31. The topological polar surface area (TPSA) is 56.3 Å². The minimum absolute atomic E-state index is 0.0528. The lowest BCUT2D eigenvalue weighted by Crippen LogP contribution is -2.19. The molecule has 0 radical (unpaired) electrons. The first-order valence-corrected chi connectivity index (χ1v) is 8.05. The molecule has 1 N–H and O–H groups in total. The molecule has 3 aromatic rings. The number of hydrogen-bond donors (Lipinski definition) is 1. The van der Waals surface area contributed by atoms with Gasteiger partial charge in [-0.25, -0.2) is 4.98 Å². The summed E-state index contributed by atoms with van der Waals surface area (Å²) in [6, 6.07) is 4.28. The highest BCUT2D eigenvalue weighted by atomic mass is 32.1. The molecule has 0 spiro atoms. The summed E-state index contributed by atoms with van der Waals surface area (Å²) in [5.74, 6) is 0.920. The number of thiophene rings is 2. The highest BCUT2D eigenvalue weighted by Gasteiger charge is 2.22. The zero-order valence-corrected chi connectivity index (χ0v) is 13.5. The van der Waals surface area contributed by atoms with Gasteiger partial charge in [0.05, 0.1) is 26.5 Å². The Labute approximate surface area is 130 Å². The fourth-order valence-electron chi connectivity index (χ4n) is 2.15. The van der Waals surface area contributed by atoms with Gasteiger partial charge in [0.1, 0.15) is 5.69 Å². The maximum atomic E-state index is 5.36. The van der Waals surface area contributed by atoms with Crippen LogP contribution in [0.25, 0.3) is 9.40 Å². The number of nitrogens with one attached hydrogen (secondary N) is 1. The lowest BCUT2D eigenvalue weighted by atomic mass is 10.1. The molecule has 0 aliphatic rings. The van der Waals surface area contributed by atoms with Gasteiger partial charge in [0.25, 0.3) is 0 Å². The van der Waals surface area contributed by atoms with Crippen LogP contribution in [-0.4, -0.2) is 31.2 Å². The number of methoxy groups -OCH3 is 2. The Kier molecular flexibility index (Phi) is 4.05. The van der Waals surface area contributed by atoms with Crippen LogP contribution in [0.15, 0.2) is 23.7 Å². The summed E-state index contributed by atoms with van der Waals surface area (Å²) in [6.45, 7) is 0. The molecular weight excluding hydrogens is 306 g/mol. The Bertz CT molecular complexity index is 725. The lowest BCUT2D eigenvalue weighted by Gasteiger charge is -2.16. The van der Waals surface area contributed by atoms with Gasteiger partial charge >= 0.3 is 0 Å². The predicted octanol–water partition coefficient (Wildman–Crippen LogP) is 3.08. The first-order chi connectivity index (χ1) is 10.3. The van der Waals surface area contributed by atoms with E-state index in [1.54, 1.807) is 43.1 Å². The Morgan fingerprint density at radius 2 is 2.10 bits per heavy atom. The maximum Gasteiger partial charge on any atom is 0.240 e. The van der Waals surface area contributed by atoms with Crippen molar-refractivity contribution in [2.24, 2.45) is 0 Å². The van der Waals surface area contributed by atoms with Crippen molar-refractivity contribution in [1.82, 2.24) is 15.3 Å². The van der Waals surface area contributed by atoms with E-state index in [1.807, 2.05) is 7.05 Å². The van der Waals surface area contributed by atoms with Gasteiger partial charge in [0.15, 0.2) is 0 Å². The number of rotatable bonds is 5. The summed E-state index contributed by atoms with van der Waals surface area (Å²) < 4.78 is 13.0. The van der Waals surface area contributed by atoms with Crippen molar-refractivity contribution in [3.05, 3.63) is 34.3 Å². The van der Waals surface area contributed by atoms with E-state index in [0.29, 0.717) is 11.8 Å². The average molecular weight is 321 g/mol. The molecule has 0 aliphatic heterocycles. The Morgan fingerprint density at radius 1 is 1.24 bits per heavy atom. The molecule has 0 fully saturated rings. The van der Waals surface area contributed by atoms with E-state index in [4.69, 9.17) is 9.47 Å². The minimum Gasteiger partial charge on any atom is -0.480 e. The van der Waals surface area contributed by atoms with E-state index < -0.39 is 0 Å². The molecule has 7 heteroatoms. The number of fused-ring (bicyclic) bond motifs is 1. The third-order valence-electron chi connectivity index (χ3n) is 3.15. The van der Waals surface area contributed by atoms with Gasteiger partial charge in [-0.05, 0) is 24.6 Å². The number of nitrogens with zero attached hydrogens (tertiary/aromatic N) is 2. The molecule has 21 heavy (non-hydrogen) atoms. The summed E-state index contributed by atoms with van der Waals surface area (Å²) in [5, 5.41) is 5.39. The molecule has 0 amide bonds. The van der Waals surface area contributed by atoms with Gasteiger partial charge < -0.3 is 14.8 Å². The van der Waals surface area contributed by atoms with Crippen molar-refractivity contribution in [1.29, 1.82) is 0 Å². The molecule has 0 aromatic carbocycles. The monoisotopic (exact) mass is 321 g/mol. The molecule has 3 rings (SSSR count). The van der Waals surface area contributed by atoms with Gasteiger partial charge in [-0.3, -0.25) is 0 Å². The van der Waals surface area contributed by atoms with E-state index in [9.17, 15) is 0 Å². The summed E-state index contributed by atoms with van der Waals surface area (Å²) in [5.41, 5.74) is 0.759. The highest BCUT2D eigenvalue weighted by molar-refractivity contribution is 7.27. The second-order valence-electron chi connectivity index (χ2n) is 4.33. The Morgan fingerprint density at radius 3 is 2.76 bits per heavy atom. The normalized spacial score (nSPS) is 12.5. The molecular formula is C14H15N3O2S2. The summed E-state index contributed by atoms with van der Waals surface area (Å²) in [4.78, 5) is 9.96. The van der Waals surface area contributed by atoms with Crippen LogP contribution in [0.1, 0.15) is 16.6 Å². The van der Waals surface area contributed by atoms with Gasteiger partial charge in [0.2, 0.25) is 11.8 Å². The van der Waals surface area contributed by atoms with Crippen LogP contribution >= 0.6 is 22.7 Å². The molecule has 1 atom stereocenters. The van der Waals surface area contributed by atoms with Crippen molar-refractivity contribution in [2.75, 3.05) is 21.3 Å². The van der Waals surface area contributed by atoms with Crippen LogP contribution in [0.4, 0.5) is 0 Å². The van der Waals surface area contributed by atoms with Gasteiger partial charge in [-0.15, -0.1) is 22.7 Å². The largest absolute Gasteiger partial charge is 0.480 e. The molecule has 0 saturated heterocycles. The minimum atomic E-state index is -0.0528. The Balaban J connectivity index is 2.05. The van der Waals surface area contributed by atoms with Crippen LogP contribution in [0.2, 0.25) is 0 Å². The summed E-state index contributed by atoms with van der Waals surface area (Å²) in [6.07, 6.45) is 1.61. The van der Waals surface area contributed by atoms with Crippen molar-refractivity contribution in [3.63, 3.8) is 0 Å². The molecule has 5 nitrogen and oxygen atoms in total. The van der Waals surface area contributed by atoms with E-state index in [1.165, 1.54) is 14.3 Å². The fourth-order valence-corrected chi connectivity index (χ4v) is 4.39. The first kappa shape index (κ1) is 14.2. The highest BCUT2D eigenvalue weighted by Crippen LogP contribution is 2.37. The Hall–Kier alpha value is -1.70. The van der Waals surface area contributed by atoms with Crippen LogP contribution in [0, 0.1) is 0 Å². The number of ether oxygens (including phenoxy) is 2.